The molecule has 6 nitrogen and oxygen atoms in total. The van der Waals surface area contributed by atoms with Gasteiger partial charge in [0.25, 0.3) is 0 Å². The zero-order valence-electron chi connectivity index (χ0n) is 10.8. The van der Waals surface area contributed by atoms with Gasteiger partial charge < -0.3 is 9.73 Å². The number of nitrogens with one attached hydrogen (secondary N) is 3. The maximum Gasteiger partial charge on any atom is 0.244 e. The highest BCUT2D eigenvalue weighted by Crippen LogP contribution is 2.07. The molecule has 0 bridgehead atoms. The first-order valence-corrected chi connectivity index (χ1v) is 7.18. The fourth-order valence-corrected chi connectivity index (χ4v) is 2.19. The number of aromatic nitrogens is 1. The van der Waals surface area contributed by atoms with Crippen LogP contribution in [-0.2, 0) is 17.8 Å². The number of furan rings is 1. The third kappa shape index (κ3) is 4.63. The van der Waals surface area contributed by atoms with Crippen molar-refractivity contribution in [3.63, 3.8) is 0 Å². The number of nitrogens with zero attached hydrogens (tertiary/aromatic N) is 1. The number of carbonyl (C=O) groups excluding carboxylic acids is 1. The maximum absolute atomic E-state index is 11.6. The summed E-state index contributed by atoms with van der Waals surface area (Å²) in [6.45, 7) is 2.36. The summed E-state index contributed by atoms with van der Waals surface area (Å²) in [4.78, 5) is 15.9. The average molecular weight is 310 g/mol. The van der Waals surface area contributed by atoms with E-state index in [-0.39, 0.29) is 12.3 Å². The summed E-state index contributed by atoms with van der Waals surface area (Å²) < 4.78 is 5.15. The van der Waals surface area contributed by atoms with E-state index in [0.29, 0.717) is 11.7 Å². The zero-order valence-corrected chi connectivity index (χ0v) is 12.4. The van der Waals surface area contributed by atoms with Crippen LogP contribution in [0.5, 0.6) is 0 Å². The Morgan fingerprint density at radius 2 is 2.35 bits per heavy atom. The predicted octanol–water partition coefficient (Wildman–Crippen LogP) is 1.28. The lowest BCUT2D eigenvalue weighted by atomic mass is 10.3. The molecule has 0 fully saturated rings. The van der Waals surface area contributed by atoms with E-state index in [9.17, 15) is 4.79 Å². The van der Waals surface area contributed by atoms with Crippen LogP contribution in [0.25, 0.3) is 0 Å². The molecule has 0 aliphatic heterocycles. The van der Waals surface area contributed by atoms with Gasteiger partial charge in [0.2, 0.25) is 5.91 Å². The lowest BCUT2D eigenvalue weighted by Gasteiger charge is -2.10. The Kier molecular flexibility index (Phi) is 5.08. The molecule has 3 N–H and O–H groups in total. The SMILES string of the molecule is Cc1nc(CC(=O)NNC(=S)NCc2ccco2)cs1. The summed E-state index contributed by atoms with van der Waals surface area (Å²) in [5.41, 5.74) is 5.89. The third-order valence-electron chi connectivity index (χ3n) is 2.33. The van der Waals surface area contributed by atoms with Crippen molar-refractivity contribution < 1.29 is 9.21 Å². The second-order valence-corrected chi connectivity index (χ2v) is 5.44. The number of rotatable bonds is 4. The van der Waals surface area contributed by atoms with Gasteiger partial charge in [0, 0.05) is 5.38 Å². The van der Waals surface area contributed by atoms with Crippen LogP contribution < -0.4 is 16.2 Å². The standard InChI is InChI=1S/C12H14N4O2S2/c1-8-14-9(7-20-8)5-11(17)15-16-12(19)13-6-10-3-2-4-18-10/h2-4,7H,5-6H2,1H3,(H,15,17)(H2,13,16,19). The number of thiocarbonyl (C=S) groups is 1. The predicted molar refractivity (Wildman–Crippen MR) is 80.0 cm³/mol. The summed E-state index contributed by atoms with van der Waals surface area (Å²) in [5, 5.41) is 6.03. The third-order valence-corrected chi connectivity index (χ3v) is 3.40. The summed E-state index contributed by atoms with van der Waals surface area (Å²) >= 11 is 6.54. The minimum Gasteiger partial charge on any atom is -0.467 e. The molecular formula is C12H14N4O2S2. The molecule has 0 spiro atoms. The molecule has 0 atom stereocenters. The first-order chi connectivity index (χ1) is 9.63. The van der Waals surface area contributed by atoms with Crippen LogP contribution in [-0.4, -0.2) is 16.0 Å². The molecule has 8 heteroatoms. The van der Waals surface area contributed by atoms with Gasteiger partial charge in [-0.25, -0.2) is 4.98 Å². The molecule has 2 aromatic heterocycles. The van der Waals surface area contributed by atoms with Gasteiger partial charge >= 0.3 is 0 Å². The van der Waals surface area contributed by atoms with E-state index < -0.39 is 0 Å². The smallest absolute Gasteiger partial charge is 0.244 e. The number of hydrogen-bond acceptors (Lipinski definition) is 5. The molecular weight excluding hydrogens is 296 g/mol. The zero-order chi connectivity index (χ0) is 14.4. The second kappa shape index (κ2) is 7.01. The molecule has 0 aliphatic rings. The van der Waals surface area contributed by atoms with Gasteiger partial charge in [0.1, 0.15) is 5.76 Å². The fraction of sp³-hybridized carbons (Fsp3) is 0.250. The van der Waals surface area contributed by atoms with Crippen molar-refractivity contribution in [2.24, 2.45) is 0 Å². The first kappa shape index (κ1) is 14.5. The Morgan fingerprint density at radius 3 is 3.00 bits per heavy atom. The van der Waals surface area contributed by atoms with Gasteiger partial charge in [-0.3, -0.25) is 15.6 Å². The van der Waals surface area contributed by atoms with Gasteiger partial charge in [-0.15, -0.1) is 11.3 Å². The van der Waals surface area contributed by atoms with Crippen LogP contribution in [0.4, 0.5) is 0 Å². The Morgan fingerprint density at radius 1 is 1.50 bits per heavy atom. The van der Waals surface area contributed by atoms with E-state index in [1.54, 1.807) is 12.3 Å². The van der Waals surface area contributed by atoms with Crippen molar-refractivity contribution in [3.8, 4) is 0 Å². The molecule has 0 aromatic carbocycles. The molecule has 0 aliphatic carbocycles. The van der Waals surface area contributed by atoms with Gasteiger partial charge in [-0.2, -0.15) is 0 Å². The van der Waals surface area contributed by atoms with Crippen LogP contribution >= 0.6 is 23.6 Å². The minimum atomic E-state index is -0.197. The Labute approximate surface area is 125 Å². The van der Waals surface area contributed by atoms with Gasteiger partial charge in [0.05, 0.1) is 29.9 Å². The van der Waals surface area contributed by atoms with E-state index >= 15 is 0 Å². The molecule has 2 rings (SSSR count). The van der Waals surface area contributed by atoms with Crippen LogP contribution in [0.1, 0.15) is 16.5 Å². The number of hydrazine groups is 1. The van der Waals surface area contributed by atoms with Gasteiger partial charge in [-0.1, -0.05) is 0 Å². The summed E-state index contributed by atoms with van der Waals surface area (Å²) in [5.74, 6) is 0.566. The van der Waals surface area contributed by atoms with E-state index in [1.165, 1.54) is 11.3 Å². The maximum atomic E-state index is 11.6. The number of amides is 1. The largest absolute Gasteiger partial charge is 0.467 e. The van der Waals surface area contributed by atoms with Crippen molar-refractivity contribution in [3.05, 3.63) is 40.2 Å². The van der Waals surface area contributed by atoms with Gasteiger partial charge in [-0.05, 0) is 31.3 Å². The van der Waals surface area contributed by atoms with E-state index in [2.05, 4.69) is 21.2 Å². The summed E-state index contributed by atoms with van der Waals surface area (Å²) in [7, 11) is 0. The molecule has 2 aromatic rings. The molecule has 0 unspecified atom stereocenters. The second-order valence-electron chi connectivity index (χ2n) is 3.97. The van der Waals surface area contributed by atoms with Crippen molar-refractivity contribution in [2.75, 3.05) is 0 Å². The Balaban J connectivity index is 1.66. The highest BCUT2D eigenvalue weighted by molar-refractivity contribution is 7.80. The topological polar surface area (TPSA) is 79.2 Å². The quantitative estimate of drug-likeness (QED) is 0.583. The minimum absolute atomic E-state index is 0.197. The van der Waals surface area contributed by atoms with Crippen LogP contribution in [0, 0.1) is 6.92 Å². The van der Waals surface area contributed by atoms with Crippen molar-refractivity contribution in [1.29, 1.82) is 0 Å². The van der Waals surface area contributed by atoms with Crippen LogP contribution in [0.15, 0.2) is 28.2 Å². The highest BCUT2D eigenvalue weighted by atomic mass is 32.1. The van der Waals surface area contributed by atoms with E-state index in [0.717, 1.165) is 16.5 Å². The molecule has 20 heavy (non-hydrogen) atoms. The normalized spacial score (nSPS) is 10.1. The van der Waals surface area contributed by atoms with Crippen molar-refractivity contribution in [1.82, 2.24) is 21.2 Å². The molecule has 1 amide bonds. The molecule has 2 heterocycles. The molecule has 0 saturated carbocycles. The lowest BCUT2D eigenvalue weighted by molar-refractivity contribution is -0.121. The summed E-state index contributed by atoms with van der Waals surface area (Å²) in [6, 6.07) is 3.63. The fourth-order valence-electron chi connectivity index (χ4n) is 1.45. The number of aryl methyl sites for hydroxylation is 1. The van der Waals surface area contributed by atoms with Gasteiger partial charge in [0.15, 0.2) is 5.11 Å². The van der Waals surface area contributed by atoms with Crippen LogP contribution in [0.3, 0.4) is 0 Å². The Bertz CT molecular complexity index is 580. The number of hydrogen-bond donors (Lipinski definition) is 3. The number of thiazole rings is 1. The summed E-state index contributed by atoms with van der Waals surface area (Å²) in [6.07, 6.45) is 1.81. The monoisotopic (exact) mass is 310 g/mol. The average Bonchev–Trinajstić information content (AvgIpc) is 3.06. The molecule has 0 radical (unpaired) electrons. The van der Waals surface area contributed by atoms with E-state index in [1.807, 2.05) is 18.4 Å². The first-order valence-electron chi connectivity index (χ1n) is 5.89. The Hall–Kier alpha value is -1.93. The van der Waals surface area contributed by atoms with Crippen molar-refractivity contribution in [2.45, 2.75) is 19.9 Å². The van der Waals surface area contributed by atoms with Crippen molar-refractivity contribution >= 4 is 34.6 Å². The van der Waals surface area contributed by atoms with Crippen LogP contribution in [0.2, 0.25) is 0 Å². The molecule has 0 saturated heterocycles. The van der Waals surface area contributed by atoms with E-state index in [4.69, 9.17) is 16.6 Å². The highest BCUT2D eigenvalue weighted by Gasteiger charge is 2.06. The number of carbonyl (C=O) groups is 1. The lowest BCUT2D eigenvalue weighted by Crippen LogP contribution is -2.47. The molecule has 106 valence electrons.